The number of amides is 4. The van der Waals surface area contributed by atoms with Crippen LogP contribution in [-0.2, 0) is 22.6 Å². The topological polar surface area (TPSA) is 132 Å². The van der Waals surface area contributed by atoms with E-state index in [1.807, 2.05) is 13.8 Å². The number of aromatic amines is 1. The van der Waals surface area contributed by atoms with Crippen LogP contribution in [0.5, 0.6) is 0 Å². The highest BCUT2D eigenvalue weighted by Gasteiger charge is 2.22. The summed E-state index contributed by atoms with van der Waals surface area (Å²) in [5.74, 6) is -0.893. The fraction of sp³-hybridized carbons (Fsp3) is 0.414. The van der Waals surface area contributed by atoms with Gasteiger partial charge in [-0.05, 0) is 49.5 Å². The van der Waals surface area contributed by atoms with Gasteiger partial charge in [0.15, 0.2) is 0 Å². The van der Waals surface area contributed by atoms with Crippen molar-refractivity contribution in [2.24, 2.45) is 5.92 Å². The second-order valence-electron chi connectivity index (χ2n) is 10.7. The summed E-state index contributed by atoms with van der Waals surface area (Å²) in [6, 6.07) is 3.47. The molecule has 0 aliphatic rings. The molecule has 1 atom stereocenters. The highest BCUT2D eigenvalue weighted by Crippen LogP contribution is 2.23. The van der Waals surface area contributed by atoms with Gasteiger partial charge in [0.25, 0.3) is 5.56 Å². The van der Waals surface area contributed by atoms with Crippen molar-refractivity contribution in [2.75, 3.05) is 33.5 Å². The maximum Gasteiger partial charge on any atom is 0.317 e. The third kappa shape index (κ3) is 8.26. The second-order valence-corrected chi connectivity index (χ2v) is 10.7. The van der Waals surface area contributed by atoms with E-state index in [9.17, 15) is 23.6 Å². The molecule has 3 heterocycles. The zero-order valence-electron chi connectivity index (χ0n) is 24.3. The maximum absolute atomic E-state index is 14.5. The summed E-state index contributed by atoms with van der Waals surface area (Å²) in [7, 11) is 6.36. The predicted molar refractivity (Wildman–Crippen MR) is 156 cm³/mol. The Morgan fingerprint density at radius 1 is 1.17 bits per heavy atom. The minimum atomic E-state index is -0.953. The van der Waals surface area contributed by atoms with E-state index in [1.54, 1.807) is 52.6 Å². The Hall–Kier alpha value is -4.48. The predicted octanol–water partition coefficient (Wildman–Crippen LogP) is 3.11. The number of carbonyl (C=O) groups excluding carboxylic acids is 3. The minimum absolute atomic E-state index is 0.0423. The third-order valence-electron chi connectivity index (χ3n) is 6.33. The molecule has 0 aliphatic carbocycles. The van der Waals surface area contributed by atoms with Gasteiger partial charge in [0.1, 0.15) is 17.5 Å². The number of carbonyl (C=O) groups is 3. The molecule has 3 rings (SSSR count). The van der Waals surface area contributed by atoms with Crippen molar-refractivity contribution in [3.63, 3.8) is 0 Å². The first-order valence-electron chi connectivity index (χ1n) is 13.4. The molecular weight excluding hydrogens is 529 g/mol. The number of halogens is 1. The fourth-order valence-corrected chi connectivity index (χ4v) is 4.15. The molecule has 0 bridgehead atoms. The smallest absolute Gasteiger partial charge is 0.317 e. The SMILES string of the molecule is CC(C)Cc1c(F)cnc2cc(Cn3cccc(NC(=O)[C@H](CC/C=C/C(=O)N(C)C)NC(=O)N(C)C)c3=O)[nH]c12. The molecule has 3 N–H and O–H groups in total. The number of nitrogens with zero attached hydrogens (tertiary/aromatic N) is 4. The van der Waals surface area contributed by atoms with Crippen LogP contribution in [0.1, 0.15) is 37.9 Å². The monoisotopic (exact) mass is 567 g/mol. The van der Waals surface area contributed by atoms with E-state index in [0.717, 1.165) is 0 Å². The average molecular weight is 568 g/mol. The molecular formula is C29H38FN7O4. The summed E-state index contributed by atoms with van der Waals surface area (Å²) in [6.07, 6.45) is 6.93. The van der Waals surface area contributed by atoms with Crippen LogP contribution in [0.3, 0.4) is 0 Å². The number of fused-ring (bicyclic) bond motifs is 1. The van der Waals surface area contributed by atoms with E-state index >= 15 is 0 Å². The molecule has 3 aromatic rings. The molecule has 0 fully saturated rings. The lowest BCUT2D eigenvalue weighted by atomic mass is 10.0. The highest BCUT2D eigenvalue weighted by molar-refractivity contribution is 5.96. The summed E-state index contributed by atoms with van der Waals surface area (Å²) in [6.45, 7) is 4.16. The van der Waals surface area contributed by atoms with E-state index in [0.29, 0.717) is 35.1 Å². The molecule has 0 spiro atoms. The first-order chi connectivity index (χ1) is 19.4. The van der Waals surface area contributed by atoms with Crippen molar-refractivity contribution in [2.45, 2.75) is 45.7 Å². The zero-order chi connectivity index (χ0) is 30.3. The van der Waals surface area contributed by atoms with E-state index < -0.39 is 23.5 Å². The molecule has 0 radical (unpaired) electrons. The van der Waals surface area contributed by atoms with Gasteiger partial charge in [-0.15, -0.1) is 0 Å². The molecule has 41 heavy (non-hydrogen) atoms. The number of aromatic nitrogens is 3. The first-order valence-corrected chi connectivity index (χ1v) is 13.4. The van der Waals surface area contributed by atoms with E-state index in [-0.39, 0.29) is 36.3 Å². The summed E-state index contributed by atoms with van der Waals surface area (Å²) in [4.78, 5) is 60.6. The number of rotatable bonds is 11. The number of H-pyrrole nitrogens is 1. The highest BCUT2D eigenvalue weighted by atomic mass is 19.1. The molecule has 0 aromatic carbocycles. The average Bonchev–Trinajstić information content (AvgIpc) is 3.32. The van der Waals surface area contributed by atoms with Crippen LogP contribution >= 0.6 is 0 Å². The Morgan fingerprint density at radius 3 is 2.56 bits per heavy atom. The molecule has 0 saturated heterocycles. The van der Waals surface area contributed by atoms with Gasteiger partial charge in [-0.3, -0.25) is 19.4 Å². The van der Waals surface area contributed by atoms with Gasteiger partial charge in [0.2, 0.25) is 11.8 Å². The van der Waals surface area contributed by atoms with Crippen LogP contribution in [0.4, 0.5) is 14.9 Å². The second kappa shape index (κ2) is 13.7. The summed E-state index contributed by atoms with van der Waals surface area (Å²) in [5.41, 5.74) is 2.01. The van der Waals surface area contributed by atoms with Crippen LogP contribution in [0, 0.1) is 11.7 Å². The van der Waals surface area contributed by atoms with Gasteiger partial charge in [0.05, 0.1) is 23.8 Å². The van der Waals surface area contributed by atoms with Crippen molar-refractivity contribution >= 4 is 34.6 Å². The summed E-state index contributed by atoms with van der Waals surface area (Å²) < 4.78 is 15.9. The number of anilines is 1. The molecule has 220 valence electrons. The summed E-state index contributed by atoms with van der Waals surface area (Å²) in [5, 5.41) is 5.29. The molecule has 4 amide bonds. The Balaban J connectivity index is 1.79. The van der Waals surface area contributed by atoms with Crippen LogP contribution in [0.25, 0.3) is 11.0 Å². The lowest BCUT2D eigenvalue weighted by Crippen LogP contribution is -2.48. The molecule has 11 nitrogen and oxygen atoms in total. The fourth-order valence-electron chi connectivity index (χ4n) is 4.15. The molecule has 0 unspecified atom stereocenters. The van der Waals surface area contributed by atoms with Crippen LogP contribution < -0.4 is 16.2 Å². The molecule has 3 aromatic heterocycles. The normalized spacial score (nSPS) is 12.1. The van der Waals surface area contributed by atoms with Crippen LogP contribution in [0.15, 0.2) is 47.5 Å². The number of pyridine rings is 2. The third-order valence-corrected chi connectivity index (χ3v) is 6.33. The number of urea groups is 1. The van der Waals surface area contributed by atoms with E-state index in [1.165, 1.54) is 32.7 Å². The van der Waals surface area contributed by atoms with E-state index in [4.69, 9.17) is 0 Å². The number of hydrogen-bond acceptors (Lipinski definition) is 5. The largest absolute Gasteiger partial charge is 0.355 e. The molecule has 0 aliphatic heterocycles. The van der Waals surface area contributed by atoms with Gasteiger partial charge < -0.3 is 30.0 Å². The number of hydrogen-bond donors (Lipinski definition) is 3. The minimum Gasteiger partial charge on any atom is -0.355 e. The van der Waals surface area contributed by atoms with Crippen molar-refractivity contribution < 1.29 is 18.8 Å². The van der Waals surface area contributed by atoms with Gasteiger partial charge in [0, 0.05) is 45.6 Å². The Bertz CT molecular complexity index is 1490. The van der Waals surface area contributed by atoms with E-state index in [2.05, 4.69) is 20.6 Å². The van der Waals surface area contributed by atoms with Gasteiger partial charge in [-0.2, -0.15) is 0 Å². The van der Waals surface area contributed by atoms with Crippen LogP contribution in [-0.4, -0.2) is 76.4 Å². The summed E-state index contributed by atoms with van der Waals surface area (Å²) >= 11 is 0. The van der Waals surface area contributed by atoms with Gasteiger partial charge in [-0.1, -0.05) is 19.9 Å². The lowest BCUT2D eigenvalue weighted by molar-refractivity contribution is -0.123. The standard InChI is InChI=1S/C29H38FN7O4/c1-18(2)14-20-21(30)16-31-24-15-19(32-26(20)24)17-37-13-9-11-23(28(37)40)33-27(39)22(34-29(41)36(5)6)10-7-8-12-25(38)35(3)4/h8-9,11-13,15-16,18,22,32H,7,10,14,17H2,1-6H3,(H,33,39)(H,34,41)/b12-8+/t22-/m0/s1. The van der Waals surface area contributed by atoms with Crippen LogP contribution in [0.2, 0.25) is 0 Å². The Morgan fingerprint density at radius 2 is 1.90 bits per heavy atom. The van der Waals surface area contributed by atoms with Crippen molar-refractivity contribution in [1.82, 2.24) is 29.7 Å². The zero-order valence-corrected chi connectivity index (χ0v) is 24.3. The van der Waals surface area contributed by atoms with Crippen molar-refractivity contribution in [3.05, 3.63) is 70.2 Å². The van der Waals surface area contributed by atoms with Gasteiger partial charge >= 0.3 is 6.03 Å². The van der Waals surface area contributed by atoms with Crippen molar-refractivity contribution in [1.29, 1.82) is 0 Å². The molecule has 0 saturated carbocycles. The number of nitrogens with one attached hydrogen (secondary N) is 3. The first kappa shape index (κ1) is 31.1. The Kier molecular flexibility index (Phi) is 10.4. The lowest BCUT2D eigenvalue weighted by Gasteiger charge is -2.20. The van der Waals surface area contributed by atoms with Crippen molar-refractivity contribution in [3.8, 4) is 0 Å². The molecule has 12 heteroatoms. The quantitative estimate of drug-likeness (QED) is 0.306. The number of likely N-dealkylation sites (N-methyl/N-ethyl adjacent to an activating group) is 1. The number of allylic oxidation sites excluding steroid dienone is 1. The van der Waals surface area contributed by atoms with Gasteiger partial charge in [-0.25, -0.2) is 9.18 Å². The maximum atomic E-state index is 14.5. The Labute approximate surface area is 238 Å².